The van der Waals surface area contributed by atoms with E-state index in [-0.39, 0.29) is 12.2 Å². The molecular formula is C18H15ClN2O4. The number of hydrogen-bond acceptors (Lipinski definition) is 5. The lowest BCUT2D eigenvalue weighted by Gasteiger charge is -2.03. The molecule has 0 fully saturated rings. The predicted molar refractivity (Wildman–Crippen MR) is 94.4 cm³/mol. The van der Waals surface area contributed by atoms with Crippen LogP contribution in [0.5, 0.6) is 0 Å². The Morgan fingerprint density at radius 3 is 2.60 bits per heavy atom. The number of aromatic nitrogens is 1. The van der Waals surface area contributed by atoms with Gasteiger partial charge in [-0.25, -0.2) is 0 Å². The summed E-state index contributed by atoms with van der Waals surface area (Å²) in [7, 11) is 0. The van der Waals surface area contributed by atoms with Crippen molar-refractivity contribution in [2.45, 2.75) is 19.8 Å². The van der Waals surface area contributed by atoms with Gasteiger partial charge in [-0.05, 0) is 42.3 Å². The van der Waals surface area contributed by atoms with E-state index in [1.807, 2.05) is 6.92 Å². The van der Waals surface area contributed by atoms with E-state index >= 15 is 0 Å². The van der Waals surface area contributed by atoms with Crippen molar-refractivity contribution in [3.05, 3.63) is 52.5 Å². The molecule has 2 N–H and O–H groups in total. The number of aliphatic carboxylic acids is 1. The van der Waals surface area contributed by atoms with Crippen LogP contribution in [-0.4, -0.2) is 21.8 Å². The summed E-state index contributed by atoms with van der Waals surface area (Å²) in [4.78, 5) is 26.4. The van der Waals surface area contributed by atoms with Crippen molar-refractivity contribution in [1.29, 1.82) is 0 Å². The Balaban J connectivity index is 1.72. The first-order valence-corrected chi connectivity index (χ1v) is 7.95. The summed E-state index contributed by atoms with van der Waals surface area (Å²) >= 11 is 6.08. The molecule has 0 bridgehead atoms. The standard InChI is InChI=1S/C18H15ClN2O4/c1-10-14(19)6-7-15-17(10)21-18(25-15)20-12-4-2-11(3-5-12)8-13(22)9-16(23)24/h2-7H,8-9H2,1H3,(H,20,21)(H,23,24). The number of ketones is 1. The van der Waals surface area contributed by atoms with Gasteiger partial charge in [-0.3, -0.25) is 9.59 Å². The van der Waals surface area contributed by atoms with Crippen LogP contribution in [0.25, 0.3) is 11.1 Å². The van der Waals surface area contributed by atoms with Gasteiger partial charge in [0.1, 0.15) is 17.7 Å². The zero-order valence-electron chi connectivity index (χ0n) is 13.4. The monoisotopic (exact) mass is 358 g/mol. The van der Waals surface area contributed by atoms with Gasteiger partial charge in [0.2, 0.25) is 0 Å². The number of Topliss-reactive ketones (excluding diaryl/α,β-unsaturated/α-hetero) is 1. The van der Waals surface area contributed by atoms with Gasteiger partial charge in [-0.2, -0.15) is 4.98 Å². The largest absolute Gasteiger partial charge is 0.481 e. The molecule has 6 nitrogen and oxygen atoms in total. The molecule has 0 unspecified atom stereocenters. The highest BCUT2D eigenvalue weighted by Gasteiger charge is 2.11. The quantitative estimate of drug-likeness (QED) is 0.644. The van der Waals surface area contributed by atoms with Gasteiger partial charge in [0, 0.05) is 17.1 Å². The number of carbonyl (C=O) groups excluding carboxylic acids is 1. The topological polar surface area (TPSA) is 92.4 Å². The molecule has 0 aliphatic rings. The van der Waals surface area contributed by atoms with Crippen molar-refractivity contribution in [1.82, 2.24) is 4.98 Å². The Bertz CT molecular complexity index is 948. The molecule has 128 valence electrons. The first-order valence-electron chi connectivity index (χ1n) is 7.57. The molecule has 0 atom stereocenters. The van der Waals surface area contributed by atoms with E-state index in [4.69, 9.17) is 21.1 Å². The zero-order valence-corrected chi connectivity index (χ0v) is 14.1. The van der Waals surface area contributed by atoms with Crippen LogP contribution in [0.1, 0.15) is 17.5 Å². The lowest BCUT2D eigenvalue weighted by atomic mass is 10.1. The zero-order chi connectivity index (χ0) is 18.0. The van der Waals surface area contributed by atoms with E-state index in [0.717, 1.165) is 16.8 Å². The number of halogens is 1. The summed E-state index contributed by atoms with van der Waals surface area (Å²) in [5, 5.41) is 12.3. The van der Waals surface area contributed by atoms with Gasteiger partial charge in [-0.1, -0.05) is 23.7 Å². The number of carboxylic acids is 1. The molecule has 0 saturated carbocycles. The number of fused-ring (bicyclic) bond motifs is 1. The summed E-state index contributed by atoms with van der Waals surface area (Å²) in [6.45, 7) is 1.87. The average Bonchev–Trinajstić information content (AvgIpc) is 2.95. The van der Waals surface area contributed by atoms with E-state index in [0.29, 0.717) is 22.1 Å². The fraction of sp³-hybridized carbons (Fsp3) is 0.167. The second kappa shape index (κ2) is 6.94. The summed E-state index contributed by atoms with van der Waals surface area (Å²) < 4.78 is 5.65. The number of benzene rings is 2. The Morgan fingerprint density at radius 2 is 1.92 bits per heavy atom. The first kappa shape index (κ1) is 17.0. The van der Waals surface area contributed by atoms with Gasteiger partial charge in [0.15, 0.2) is 5.58 Å². The van der Waals surface area contributed by atoms with Crippen LogP contribution in [0.2, 0.25) is 5.02 Å². The molecule has 0 radical (unpaired) electrons. The SMILES string of the molecule is Cc1c(Cl)ccc2oc(Nc3ccc(CC(=O)CC(=O)O)cc3)nc12. The number of anilines is 2. The number of rotatable bonds is 6. The molecule has 0 amide bonds. The molecule has 0 saturated heterocycles. The number of nitrogens with one attached hydrogen (secondary N) is 1. The smallest absolute Gasteiger partial charge is 0.310 e. The van der Waals surface area contributed by atoms with Crippen LogP contribution in [0.3, 0.4) is 0 Å². The van der Waals surface area contributed by atoms with E-state index in [1.54, 1.807) is 36.4 Å². The van der Waals surface area contributed by atoms with Crippen molar-refractivity contribution in [2.24, 2.45) is 0 Å². The number of aryl methyl sites for hydroxylation is 1. The van der Waals surface area contributed by atoms with Crippen LogP contribution in [0.4, 0.5) is 11.7 Å². The fourth-order valence-corrected chi connectivity index (χ4v) is 2.59. The number of nitrogens with zero attached hydrogens (tertiary/aromatic N) is 1. The minimum Gasteiger partial charge on any atom is -0.481 e. The molecule has 0 spiro atoms. The van der Waals surface area contributed by atoms with Gasteiger partial charge in [0.05, 0.1) is 0 Å². The molecule has 3 aromatic rings. The molecule has 2 aromatic carbocycles. The molecule has 25 heavy (non-hydrogen) atoms. The maximum Gasteiger partial charge on any atom is 0.310 e. The minimum absolute atomic E-state index is 0.0904. The number of hydrogen-bond donors (Lipinski definition) is 2. The van der Waals surface area contributed by atoms with E-state index in [9.17, 15) is 9.59 Å². The molecule has 0 aliphatic heterocycles. The predicted octanol–water partition coefficient (Wildman–Crippen LogP) is 4.12. The second-order valence-electron chi connectivity index (χ2n) is 5.65. The van der Waals surface area contributed by atoms with Crippen molar-refractivity contribution in [3.8, 4) is 0 Å². The Kier molecular flexibility index (Phi) is 4.72. The summed E-state index contributed by atoms with van der Waals surface area (Å²) in [5.74, 6) is -1.45. The average molecular weight is 359 g/mol. The molecular weight excluding hydrogens is 344 g/mol. The molecule has 3 rings (SSSR count). The highest BCUT2D eigenvalue weighted by atomic mass is 35.5. The van der Waals surface area contributed by atoms with Crippen molar-refractivity contribution < 1.29 is 19.1 Å². The number of carboxylic acid groups (broad SMARTS) is 1. The van der Waals surface area contributed by atoms with E-state index < -0.39 is 12.4 Å². The normalized spacial score (nSPS) is 10.8. The van der Waals surface area contributed by atoms with Crippen LogP contribution in [0.15, 0.2) is 40.8 Å². The molecule has 1 aromatic heterocycles. The highest BCUT2D eigenvalue weighted by Crippen LogP contribution is 2.28. The summed E-state index contributed by atoms with van der Waals surface area (Å²) in [6, 6.07) is 10.9. The van der Waals surface area contributed by atoms with E-state index in [1.165, 1.54) is 0 Å². The van der Waals surface area contributed by atoms with Crippen molar-refractivity contribution in [2.75, 3.05) is 5.32 Å². The lowest BCUT2D eigenvalue weighted by Crippen LogP contribution is -2.09. The van der Waals surface area contributed by atoms with Gasteiger partial charge < -0.3 is 14.8 Å². The molecule has 7 heteroatoms. The van der Waals surface area contributed by atoms with Gasteiger partial charge in [0.25, 0.3) is 6.01 Å². The lowest BCUT2D eigenvalue weighted by molar-refractivity contribution is -0.140. The Morgan fingerprint density at radius 1 is 1.20 bits per heavy atom. The van der Waals surface area contributed by atoms with Crippen LogP contribution in [0, 0.1) is 6.92 Å². The summed E-state index contributed by atoms with van der Waals surface area (Å²) in [5.41, 5.74) is 3.68. The minimum atomic E-state index is -1.12. The maximum atomic E-state index is 11.5. The van der Waals surface area contributed by atoms with E-state index in [2.05, 4.69) is 10.3 Å². The third kappa shape index (κ3) is 3.97. The number of oxazole rings is 1. The molecule has 0 aliphatic carbocycles. The fourth-order valence-electron chi connectivity index (χ4n) is 2.44. The highest BCUT2D eigenvalue weighted by molar-refractivity contribution is 6.32. The van der Waals surface area contributed by atoms with Gasteiger partial charge in [-0.15, -0.1) is 0 Å². The Labute approximate surface area is 148 Å². The van der Waals surface area contributed by atoms with Crippen LogP contribution < -0.4 is 5.32 Å². The molecule has 1 heterocycles. The third-order valence-corrected chi connectivity index (χ3v) is 4.11. The summed E-state index contributed by atoms with van der Waals surface area (Å²) in [6.07, 6.45) is -0.377. The maximum absolute atomic E-state index is 11.5. The number of carbonyl (C=O) groups is 2. The van der Waals surface area contributed by atoms with Crippen molar-refractivity contribution in [3.63, 3.8) is 0 Å². The Hall–Kier alpha value is -2.86. The third-order valence-electron chi connectivity index (χ3n) is 3.70. The van der Waals surface area contributed by atoms with Gasteiger partial charge >= 0.3 is 5.97 Å². The van der Waals surface area contributed by atoms with Crippen LogP contribution >= 0.6 is 11.6 Å². The second-order valence-corrected chi connectivity index (χ2v) is 6.05. The first-order chi connectivity index (χ1) is 11.9. The van der Waals surface area contributed by atoms with Crippen LogP contribution in [-0.2, 0) is 16.0 Å². The van der Waals surface area contributed by atoms with Crippen molar-refractivity contribution >= 4 is 46.2 Å².